The lowest BCUT2D eigenvalue weighted by molar-refractivity contribution is -0.188. The highest BCUT2D eigenvalue weighted by molar-refractivity contribution is 5.95. The molecule has 0 aliphatic heterocycles. The number of ether oxygens (including phenoxy) is 2. The van der Waals surface area contributed by atoms with Gasteiger partial charge in [-0.1, -0.05) is 6.92 Å². The van der Waals surface area contributed by atoms with Crippen molar-refractivity contribution in [3.8, 4) is 0 Å². The summed E-state index contributed by atoms with van der Waals surface area (Å²) in [6.45, 7) is 4.15. The van der Waals surface area contributed by atoms with Crippen molar-refractivity contribution in [2.24, 2.45) is 0 Å². The van der Waals surface area contributed by atoms with E-state index in [0.29, 0.717) is 0 Å². The summed E-state index contributed by atoms with van der Waals surface area (Å²) in [6, 6.07) is 0. The highest BCUT2D eigenvalue weighted by Gasteiger charge is 2.18. The van der Waals surface area contributed by atoms with E-state index in [1.165, 1.54) is 13.8 Å². The molecule has 0 atom stereocenters. The first-order valence-electron chi connectivity index (χ1n) is 5.23. The molecule has 0 unspecified atom stereocenters. The second-order valence-electron chi connectivity index (χ2n) is 3.58. The first-order chi connectivity index (χ1) is 7.85. The van der Waals surface area contributed by atoms with Crippen molar-refractivity contribution in [2.45, 2.75) is 46.3 Å². The van der Waals surface area contributed by atoms with Gasteiger partial charge in [0, 0.05) is 6.42 Å². The smallest absolute Gasteiger partial charge is 0.316 e. The minimum Gasteiger partial charge on any atom is -0.425 e. The van der Waals surface area contributed by atoms with Crippen LogP contribution in [0.1, 0.15) is 40.0 Å². The number of hydrogen-bond donors (Lipinski definition) is 0. The summed E-state index contributed by atoms with van der Waals surface area (Å²) in [5, 5.41) is 0. The zero-order valence-electron chi connectivity index (χ0n) is 10.1. The van der Waals surface area contributed by atoms with E-state index in [1.807, 2.05) is 0 Å². The minimum atomic E-state index is -1.05. The molecule has 0 aliphatic rings. The average Bonchev–Trinajstić information content (AvgIpc) is 2.13. The lowest BCUT2D eigenvalue weighted by atomic mass is 10.3. The predicted octanol–water partition coefficient (Wildman–Crippen LogP) is 0.767. The Bertz CT molecular complexity index is 290. The third kappa shape index (κ3) is 8.12. The molecule has 0 saturated heterocycles. The molecule has 6 nitrogen and oxygen atoms in total. The van der Waals surface area contributed by atoms with Crippen molar-refractivity contribution in [1.29, 1.82) is 0 Å². The van der Waals surface area contributed by atoms with Gasteiger partial charge in [0.2, 0.25) is 6.29 Å². The lowest BCUT2D eigenvalue weighted by Crippen LogP contribution is -2.25. The molecule has 0 aromatic rings. The fourth-order valence-corrected chi connectivity index (χ4v) is 0.974. The van der Waals surface area contributed by atoms with E-state index < -0.39 is 18.2 Å². The van der Waals surface area contributed by atoms with Crippen LogP contribution in [0.5, 0.6) is 0 Å². The van der Waals surface area contributed by atoms with Crippen LogP contribution >= 0.6 is 0 Å². The van der Waals surface area contributed by atoms with Gasteiger partial charge in [0.25, 0.3) is 0 Å². The van der Waals surface area contributed by atoms with Crippen LogP contribution in [0.2, 0.25) is 0 Å². The van der Waals surface area contributed by atoms with E-state index in [9.17, 15) is 19.2 Å². The molecule has 0 aliphatic carbocycles. The number of Topliss-reactive ketones (excluding diaryl/α,β-unsaturated/α-hetero) is 2. The van der Waals surface area contributed by atoms with Gasteiger partial charge in [-0.2, -0.15) is 0 Å². The van der Waals surface area contributed by atoms with Gasteiger partial charge in [-0.05, 0) is 13.8 Å². The second-order valence-corrected chi connectivity index (χ2v) is 3.58. The van der Waals surface area contributed by atoms with Crippen molar-refractivity contribution in [3.05, 3.63) is 0 Å². The van der Waals surface area contributed by atoms with Crippen LogP contribution < -0.4 is 0 Å². The summed E-state index contributed by atoms with van der Waals surface area (Å²) in [6.07, 6.45) is -1.51. The largest absolute Gasteiger partial charge is 0.425 e. The monoisotopic (exact) mass is 244 g/mol. The molecule has 0 saturated carbocycles. The molecule has 17 heavy (non-hydrogen) atoms. The first-order valence-corrected chi connectivity index (χ1v) is 5.23. The Balaban J connectivity index is 4.15. The maximum atomic E-state index is 11.1. The molecular weight excluding hydrogens is 228 g/mol. The molecule has 0 fully saturated rings. The molecule has 0 rings (SSSR count). The van der Waals surface area contributed by atoms with Gasteiger partial charge in [-0.25, -0.2) is 0 Å². The number of esters is 2. The summed E-state index contributed by atoms with van der Waals surface area (Å²) in [5.41, 5.74) is 0. The molecular formula is C11H16O6. The summed E-state index contributed by atoms with van der Waals surface area (Å²) in [5.74, 6) is -2.17. The normalized spacial score (nSPS) is 9.88. The topological polar surface area (TPSA) is 86.7 Å². The Morgan fingerprint density at radius 2 is 1.24 bits per heavy atom. The molecule has 0 aromatic carbocycles. The van der Waals surface area contributed by atoms with Crippen LogP contribution in [-0.2, 0) is 28.7 Å². The number of carbonyl (C=O) groups is 4. The molecule has 0 spiro atoms. The molecule has 0 aromatic heterocycles. The molecule has 0 heterocycles. The van der Waals surface area contributed by atoms with Gasteiger partial charge in [0.15, 0.2) is 0 Å². The van der Waals surface area contributed by atoms with Crippen LogP contribution in [0.3, 0.4) is 0 Å². The van der Waals surface area contributed by atoms with E-state index in [-0.39, 0.29) is 30.8 Å². The standard InChI is InChI=1S/C11H16O6/c1-4-11(16-9(14)5-7(2)12)17-10(15)6-8(3)13/h11H,4-6H2,1-3H3. The van der Waals surface area contributed by atoms with Crippen LogP contribution in [0, 0.1) is 0 Å². The fraction of sp³-hybridized carbons (Fsp3) is 0.636. The maximum Gasteiger partial charge on any atom is 0.316 e. The van der Waals surface area contributed by atoms with Crippen molar-refractivity contribution in [1.82, 2.24) is 0 Å². The van der Waals surface area contributed by atoms with E-state index in [2.05, 4.69) is 0 Å². The van der Waals surface area contributed by atoms with Gasteiger partial charge in [-0.15, -0.1) is 0 Å². The molecule has 6 heteroatoms. The van der Waals surface area contributed by atoms with Crippen molar-refractivity contribution < 1.29 is 28.7 Å². The number of rotatable bonds is 7. The zero-order valence-corrected chi connectivity index (χ0v) is 10.1. The third-order valence-electron chi connectivity index (χ3n) is 1.65. The number of carbonyl (C=O) groups excluding carboxylic acids is 4. The highest BCUT2D eigenvalue weighted by Crippen LogP contribution is 2.05. The van der Waals surface area contributed by atoms with Crippen molar-refractivity contribution in [2.75, 3.05) is 0 Å². The number of ketones is 2. The van der Waals surface area contributed by atoms with Gasteiger partial charge in [-0.3, -0.25) is 19.2 Å². The zero-order chi connectivity index (χ0) is 13.4. The Morgan fingerprint density at radius 3 is 1.47 bits per heavy atom. The molecule has 0 N–H and O–H groups in total. The van der Waals surface area contributed by atoms with E-state index in [0.717, 1.165) is 0 Å². The quantitative estimate of drug-likeness (QED) is 0.373. The summed E-state index contributed by atoms with van der Waals surface area (Å²) in [4.78, 5) is 43.5. The van der Waals surface area contributed by atoms with Gasteiger partial charge in [0.1, 0.15) is 24.4 Å². The van der Waals surface area contributed by atoms with Gasteiger partial charge < -0.3 is 9.47 Å². The lowest BCUT2D eigenvalue weighted by Gasteiger charge is -2.15. The summed E-state index contributed by atoms with van der Waals surface area (Å²) >= 11 is 0. The summed E-state index contributed by atoms with van der Waals surface area (Å²) in [7, 11) is 0. The number of hydrogen-bond acceptors (Lipinski definition) is 6. The molecule has 0 amide bonds. The Morgan fingerprint density at radius 1 is 0.882 bits per heavy atom. The molecule has 0 radical (unpaired) electrons. The van der Waals surface area contributed by atoms with Crippen LogP contribution in [-0.4, -0.2) is 29.8 Å². The van der Waals surface area contributed by atoms with Crippen molar-refractivity contribution in [3.63, 3.8) is 0 Å². The first kappa shape index (κ1) is 15.3. The molecule has 96 valence electrons. The van der Waals surface area contributed by atoms with E-state index in [1.54, 1.807) is 6.92 Å². The van der Waals surface area contributed by atoms with Crippen LogP contribution in [0.4, 0.5) is 0 Å². The average molecular weight is 244 g/mol. The predicted molar refractivity (Wildman–Crippen MR) is 56.9 cm³/mol. The third-order valence-corrected chi connectivity index (χ3v) is 1.65. The van der Waals surface area contributed by atoms with Crippen molar-refractivity contribution >= 4 is 23.5 Å². The maximum absolute atomic E-state index is 11.1. The molecule has 0 bridgehead atoms. The van der Waals surface area contributed by atoms with Crippen LogP contribution in [0.15, 0.2) is 0 Å². The van der Waals surface area contributed by atoms with E-state index >= 15 is 0 Å². The Kier molecular flexibility index (Phi) is 6.77. The summed E-state index contributed by atoms with van der Waals surface area (Å²) < 4.78 is 9.50. The van der Waals surface area contributed by atoms with Gasteiger partial charge >= 0.3 is 11.9 Å². The van der Waals surface area contributed by atoms with E-state index in [4.69, 9.17) is 9.47 Å². The highest BCUT2D eigenvalue weighted by atomic mass is 16.7. The fourth-order valence-electron chi connectivity index (χ4n) is 0.974. The Hall–Kier alpha value is -1.72. The minimum absolute atomic E-state index is 0.257. The Labute approximate surface area is 99.3 Å². The SMILES string of the molecule is CCC(OC(=O)CC(C)=O)OC(=O)CC(C)=O. The van der Waals surface area contributed by atoms with Crippen LogP contribution in [0.25, 0.3) is 0 Å². The second kappa shape index (κ2) is 7.54. The van der Waals surface area contributed by atoms with Gasteiger partial charge in [0.05, 0.1) is 0 Å².